The van der Waals surface area contributed by atoms with Gasteiger partial charge in [0.1, 0.15) is 5.60 Å². The van der Waals surface area contributed by atoms with Gasteiger partial charge in [0.05, 0.1) is 0 Å². The average molecular weight is 295 g/mol. The number of nitrogens with zero attached hydrogens (tertiary/aromatic N) is 2. The van der Waals surface area contributed by atoms with Gasteiger partial charge < -0.3 is 14.6 Å². The van der Waals surface area contributed by atoms with Crippen molar-refractivity contribution in [2.75, 3.05) is 13.2 Å². The highest BCUT2D eigenvalue weighted by atomic mass is 16.5. The standard InChI is InChI=1S/C16H29N3O2/c1-4-16(5-2,20-6-3)15-18-14(21-19-15)11-10-13-9-7-8-12-17-13/h13,17H,4-12H2,1-3H3. The Morgan fingerprint density at radius 1 is 1.29 bits per heavy atom. The van der Waals surface area contributed by atoms with Crippen molar-refractivity contribution >= 4 is 0 Å². The van der Waals surface area contributed by atoms with Crippen LogP contribution in [0.3, 0.4) is 0 Å². The zero-order valence-electron chi connectivity index (χ0n) is 13.7. The van der Waals surface area contributed by atoms with Crippen LogP contribution in [0.2, 0.25) is 0 Å². The molecule has 0 aliphatic carbocycles. The maximum absolute atomic E-state index is 5.92. The highest BCUT2D eigenvalue weighted by Crippen LogP contribution is 2.31. The van der Waals surface area contributed by atoms with E-state index in [9.17, 15) is 0 Å². The summed E-state index contributed by atoms with van der Waals surface area (Å²) in [5, 5.41) is 7.74. The van der Waals surface area contributed by atoms with Gasteiger partial charge in [0.25, 0.3) is 0 Å². The summed E-state index contributed by atoms with van der Waals surface area (Å²) in [7, 11) is 0. The van der Waals surface area contributed by atoms with Gasteiger partial charge >= 0.3 is 0 Å². The molecule has 0 amide bonds. The maximum Gasteiger partial charge on any atom is 0.226 e. The summed E-state index contributed by atoms with van der Waals surface area (Å²) in [4.78, 5) is 4.60. The van der Waals surface area contributed by atoms with E-state index in [2.05, 4.69) is 29.3 Å². The van der Waals surface area contributed by atoms with Crippen LogP contribution >= 0.6 is 0 Å². The second kappa shape index (κ2) is 7.90. The molecule has 1 aliphatic heterocycles. The molecule has 2 rings (SSSR count). The highest BCUT2D eigenvalue weighted by molar-refractivity contribution is 5.01. The van der Waals surface area contributed by atoms with E-state index in [1.165, 1.54) is 19.3 Å². The van der Waals surface area contributed by atoms with Gasteiger partial charge in [-0.3, -0.25) is 0 Å². The third-order valence-corrected chi connectivity index (χ3v) is 4.56. The van der Waals surface area contributed by atoms with E-state index in [1.54, 1.807) is 0 Å². The van der Waals surface area contributed by atoms with Gasteiger partial charge in [-0.15, -0.1) is 0 Å². The van der Waals surface area contributed by atoms with Gasteiger partial charge in [0.2, 0.25) is 11.7 Å². The number of ether oxygens (including phenoxy) is 1. The van der Waals surface area contributed by atoms with Crippen molar-refractivity contribution in [3.8, 4) is 0 Å². The summed E-state index contributed by atoms with van der Waals surface area (Å²) >= 11 is 0. The lowest BCUT2D eigenvalue weighted by Crippen LogP contribution is -2.34. The van der Waals surface area contributed by atoms with Gasteiger partial charge in [0, 0.05) is 19.1 Å². The van der Waals surface area contributed by atoms with Crippen LogP contribution in [0, 0.1) is 0 Å². The largest absolute Gasteiger partial charge is 0.367 e. The second-order valence-electron chi connectivity index (χ2n) is 5.83. The Kier molecular flexibility index (Phi) is 6.18. The molecule has 0 aromatic carbocycles. The number of aryl methyl sites for hydroxylation is 1. The minimum absolute atomic E-state index is 0.389. The number of rotatable bonds is 8. The topological polar surface area (TPSA) is 60.2 Å². The van der Waals surface area contributed by atoms with Crippen molar-refractivity contribution in [3.63, 3.8) is 0 Å². The summed E-state index contributed by atoms with van der Waals surface area (Å²) in [6.45, 7) is 8.04. The van der Waals surface area contributed by atoms with Crippen molar-refractivity contribution in [1.82, 2.24) is 15.5 Å². The molecule has 1 saturated heterocycles. The molecule has 0 spiro atoms. The van der Waals surface area contributed by atoms with E-state index in [4.69, 9.17) is 9.26 Å². The molecular formula is C16H29N3O2. The zero-order chi connectivity index (χ0) is 15.1. The molecule has 1 unspecified atom stereocenters. The highest BCUT2D eigenvalue weighted by Gasteiger charge is 2.34. The van der Waals surface area contributed by atoms with Crippen LogP contribution in [0.4, 0.5) is 0 Å². The van der Waals surface area contributed by atoms with Crippen molar-refractivity contribution < 1.29 is 9.26 Å². The molecule has 120 valence electrons. The zero-order valence-corrected chi connectivity index (χ0v) is 13.7. The first-order chi connectivity index (χ1) is 10.2. The molecule has 1 aliphatic rings. The molecule has 21 heavy (non-hydrogen) atoms. The molecular weight excluding hydrogens is 266 g/mol. The van der Waals surface area contributed by atoms with E-state index in [0.717, 1.165) is 38.1 Å². The molecule has 5 heteroatoms. The fourth-order valence-corrected chi connectivity index (χ4v) is 3.12. The SMILES string of the molecule is CCOC(CC)(CC)c1noc(CCC2CCCCN2)n1. The molecule has 1 aromatic heterocycles. The van der Waals surface area contributed by atoms with Crippen LogP contribution in [0.15, 0.2) is 4.52 Å². The number of hydrogen-bond acceptors (Lipinski definition) is 5. The Morgan fingerprint density at radius 3 is 2.71 bits per heavy atom. The van der Waals surface area contributed by atoms with Gasteiger partial charge in [-0.1, -0.05) is 25.4 Å². The first-order valence-corrected chi connectivity index (χ1v) is 8.44. The maximum atomic E-state index is 5.92. The fraction of sp³-hybridized carbons (Fsp3) is 0.875. The van der Waals surface area contributed by atoms with Crippen LogP contribution in [0.5, 0.6) is 0 Å². The number of aromatic nitrogens is 2. The number of nitrogens with one attached hydrogen (secondary N) is 1. The van der Waals surface area contributed by atoms with Gasteiger partial charge in [0.15, 0.2) is 0 Å². The normalized spacial score (nSPS) is 19.9. The smallest absolute Gasteiger partial charge is 0.226 e. The van der Waals surface area contributed by atoms with Crippen LogP contribution in [-0.2, 0) is 16.8 Å². The van der Waals surface area contributed by atoms with E-state index in [1.807, 2.05) is 6.92 Å². The summed E-state index contributed by atoms with van der Waals surface area (Å²) in [6.07, 6.45) is 7.52. The Bertz CT molecular complexity index is 409. The van der Waals surface area contributed by atoms with Crippen molar-refractivity contribution in [1.29, 1.82) is 0 Å². The number of hydrogen-bond donors (Lipinski definition) is 1. The molecule has 1 fully saturated rings. The molecule has 5 nitrogen and oxygen atoms in total. The molecule has 0 saturated carbocycles. The second-order valence-corrected chi connectivity index (χ2v) is 5.83. The summed E-state index contributed by atoms with van der Waals surface area (Å²) in [6, 6.07) is 0.600. The van der Waals surface area contributed by atoms with E-state index in [-0.39, 0.29) is 5.60 Å². The predicted molar refractivity (Wildman–Crippen MR) is 82.1 cm³/mol. The lowest BCUT2D eigenvalue weighted by molar-refractivity contribution is -0.0583. The lowest BCUT2D eigenvalue weighted by atomic mass is 9.96. The third-order valence-electron chi connectivity index (χ3n) is 4.56. The van der Waals surface area contributed by atoms with Crippen LogP contribution in [0.25, 0.3) is 0 Å². The lowest BCUT2D eigenvalue weighted by Gasteiger charge is -2.27. The number of piperidine rings is 1. The van der Waals surface area contributed by atoms with E-state index in [0.29, 0.717) is 18.5 Å². The van der Waals surface area contributed by atoms with E-state index < -0.39 is 0 Å². The molecule has 0 bridgehead atoms. The Labute approximate surface area is 127 Å². The monoisotopic (exact) mass is 295 g/mol. The fourth-order valence-electron chi connectivity index (χ4n) is 3.12. The summed E-state index contributed by atoms with van der Waals surface area (Å²) < 4.78 is 11.4. The summed E-state index contributed by atoms with van der Waals surface area (Å²) in [5.41, 5.74) is -0.389. The Balaban J connectivity index is 1.95. The minimum atomic E-state index is -0.389. The first kappa shape index (κ1) is 16.4. The van der Waals surface area contributed by atoms with Gasteiger partial charge in [-0.05, 0) is 45.6 Å². The van der Waals surface area contributed by atoms with Gasteiger partial charge in [-0.25, -0.2) is 0 Å². The van der Waals surface area contributed by atoms with Crippen LogP contribution in [0.1, 0.15) is 71.0 Å². The first-order valence-electron chi connectivity index (χ1n) is 8.44. The Hall–Kier alpha value is -0.940. The molecule has 0 radical (unpaired) electrons. The quantitative estimate of drug-likeness (QED) is 0.798. The third kappa shape index (κ3) is 4.04. The Morgan fingerprint density at radius 2 is 2.10 bits per heavy atom. The minimum Gasteiger partial charge on any atom is -0.367 e. The van der Waals surface area contributed by atoms with E-state index >= 15 is 0 Å². The molecule has 1 aromatic rings. The van der Waals surface area contributed by atoms with Crippen LogP contribution < -0.4 is 5.32 Å². The molecule has 2 heterocycles. The average Bonchev–Trinajstić information content (AvgIpc) is 3.01. The van der Waals surface area contributed by atoms with Crippen LogP contribution in [-0.4, -0.2) is 29.3 Å². The van der Waals surface area contributed by atoms with Crippen molar-refractivity contribution in [3.05, 3.63) is 11.7 Å². The summed E-state index contributed by atoms with van der Waals surface area (Å²) in [5.74, 6) is 1.45. The molecule has 1 N–H and O–H groups in total. The van der Waals surface area contributed by atoms with Gasteiger partial charge in [-0.2, -0.15) is 4.98 Å². The van der Waals surface area contributed by atoms with Crippen molar-refractivity contribution in [2.45, 2.75) is 77.4 Å². The van der Waals surface area contributed by atoms with Crippen molar-refractivity contribution in [2.24, 2.45) is 0 Å². The molecule has 1 atom stereocenters. The predicted octanol–water partition coefficient (Wildman–Crippen LogP) is 3.20.